The number of sulfonamides is 1. The second-order valence-corrected chi connectivity index (χ2v) is 8.81. The van der Waals surface area contributed by atoms with Crippen LogP contribution in [0.4, 0.5) is 0 Å². The highest BCUT2D eigenvalue weighted by atomic mass is 35.5. The fourth-order valence-corrected chi connectivity index (χ4v) is 5.07. The van der Waals surface area contributed by atoms with Crippen molar-refractivity contribution in [2.24, 2.45) is 5.10 Å². The topological polar surface area (TPSA) is 59.0 Å². The first-order valence-corrected chi connectivity index (χ1v) is 10.9. The molecule has 1 atom stereocenters. The summed E-state index contributed by atoms with van der Waals surface area (Å²) in [5, 5.41) is 5.04. The minimum Gasteiger partial charge on any atom is -0.497 e. The Kier molecular flexibility index (Phi) is 5.30. The van der Waals surface area contributed by atoms with Crippen molar-refractivity contribution in [3.8, 4) is 5.75 Å². The fourth-order valence-electron chi connectivity index (χ4n) is 3.36. The van der Waals surface area contributed by atoms with Gasteiger partial charge in [-0.15, -0.1) is 0 Å². The van der Waals surface area contributed by atoms with Crippen LogP contribution in [0, 0.1) is 0 Å². The molecule has 4 rings (SSSR count). The number of rotatable bonds is 5. The number of nitrogens with zero attached hydrogens (tertiary/aromatic N) is 2. The van der Waals surface area contributed by atoms with Crippen LogP contribution in [-0.2, 0) is 10.0 Å². The molecule has 29 heavy (non-hydrogen) atoms. The number of hydrazone groups is 1. The third-order valence-electron chi connectivity index (χ3n) is 4.83. The Balaban J connectivity index is 1.83. The van der Waals surface area contributed by atoms with Gasteiger partial charge in [-0.2, -0.15) is 17.9 Å². The maximum atomic E-state index is 13.4. The lowest BCUT2D eigenvalue weighted by Gasteiger charge is -2.24. The summed E-state index contributed by atoms with van der Waals surface area (Å²) >= 11 is 6.41. The van der Waals surface area contributed by atoms with E-state index < -0.39 is 16.1 Å². The average Bonchev–Trinajstić information content (AvgIpc) is 3.21. The molecular weight excluding hydrogens is 408 g/mol. The molecule has 3 aromatic carbocycles. The first-order chi connectivity index (χ1) is 14.0. The van der Waals surface area contributed by atoms with Gasteiger partial charge in [-0.1, -0.05) is 60.1 Å². The summed E-state index contributed by atoms with van der Waals surface area (Å²) < 4.78 is 33.2. The number of hydrogen-bond acceptors (Lipinski definition) is 4. The zero-order valence-corrected chi connectivity index (χ0v) is 17.3. The first kappa shape index (κ1) is 19.5. The van der Waals surface area contributed by atoms with Crippen LogP contribution in [-0.4, -0.2) is 25.7 Å². The molecule has 0 aromatic heterocycles. The standard InChI is InChI=1S/C22H19ClN2O3S/c1-28-17-9-7-8-16(14-17)21-15-22(19-12-5-6-13-20(19)23)25(24-21)29(26,27)18-10-3-2-4-11-18/h2-14,22H,15H2,1H3. The Morgan fingerprint density at radius 2 is 1.72 bits per heavy atom. The normalized spacial score (nSPS) is 16.6. The summed E-state index contributed by atoms with van der Waals surface area (Å²) in [6.07, 6.45) is 0.406. The van der Waals surface area contributed by atoms with Crippen molar-refractivity contribution >= 4 is 27.3 Å². The van der Waals surface area contributed by atoms with Crippen molar-refractivity contribution in [2.45, 2.75) is 17.4 Å². The van der Waals surface area contributed by atoms with Gasteiger partial charge in [0.25, 0.3) is 10.0 Å². The Bertz CT molecular complexity index is 1160. The van der Waals surface area contributed by atoms with Gasteiger partial charge in [-0.3, -0.25) is 0 Å². The van der Waals surface area contributed by atoms with Crippen LogP contribution in [0.1, 0.15) is 23.6 Å². The maximum Gasteiger partial charge on any atom is 0.279 e. The molecule has 5 nitrogen and oxygen atoms in total. The van der Waals surface area contributed by atoms with Gasteiger partial charge in [-0.25, -0.2) is 0 Å². The molecule has 1 aliphatic rings. The van der Waals surface area contributed by atoms with Gasteiger partial charge in [0, 0.05) is 17.0 Å². The van der Waals surface area contributed by atoms with Gasteiger partial charge >= 0.3 is 0 Å². The molecule has 0 spiro atoms. The smallest absolute Gasteiger partial charge is 0.279 e. The lowest BCUT2D eigenvalue weighted by atomic mass is 9.99. The van der Waals surface area contributed by atoms with Crippen molar-refractivity contribution in [1.82, 2.24) is 4.41 Å². The summed E-state index contributed by atoms with van der Waals surface area (Å²) in [5.74, 6) is 0.684. The third kappa shape index (κ3) is 3.73. The van der Waals surface area contributed by atoms with Crippen molar-refractivity contribution in [3.05, 3.63) is 95.0 Å². The van der Waals surface area contributed by atoms with E-state index in [0.717, 1.165) is 11.1 Å². The molecular formula is C22H19ClN2O3S. The lowest BCUT2D eigenvalue weighted by Crippen LogP contribution is -2.27. The van der Waals surface area contributed by atoms with Crippen LogP contribution in [0.25, 0.3) is 0 Å². The predicted molar refractivity (Wildman–Crippen MR) is 114 cm³/mol. The lowest BCUT2D eigenvalue weighted by molar-refractivity contribution is 0.371. The molecule has 0 aliphatic carbocycles. The number of hydrogen-bond donors (Lipinski definition) is 0. The van der Waals surface area contributed by atoms with Gasteiger partial charge in [0.05, 0.1) is 23.8 Å². The SMILES string of the molecule is COc1cccc(C2=NN(S(=O)(=O)c3ccccc3)C(c3ccccc3Cl)C2)c1. The molecule has 1 aliphatic heterocycles. The molecule has 0 saturated heterocycles. The van der Waals surface area contributed by atoms with Gasteiger partial charge in [-0.05, 0) is 35.9 Å². The first-order valence-electron chi connectivity index (χ1n) is 9.06. The van der Waals surface area contributed by atoms with E-state index in [-0.39, 0.29) is 4.90 Å². The van der Waals surface area contributed by atoms with Crippen LogP contribution in [0.5, 0.6) is 5.75 Å². The second-order valence-electron chi connectivity index (χ2n) is 6.61. The van der Waals surface area contributed by atoms with Gasteiger partial charge in [0.1, 0.15) is 5.75 Å². The average molecular weight is 427 g/mol. The van der Waals surface area contributed by atoms with Crippen molar-refractivity contribution in [3.63, 3.8) is 0 Å². The van der Waals surface area contributed by atoms with Crippen molar-refractivity contribution in [1.29, 1.82) is 0 Å². The number of benzene rings is 3. The predicted octanol–water partition coefficient (Wildman–Crippen LogP) is 4.89. The van der Waals surface area contributed by atoms with Gasteiger partial charge < -0.3 is 4.74 Å². The van der Waals surface area contributed by atoms with Crippen molar-refractivity contribution in [2.75, 3.05) is 7.11 Å². The summed E-state index contributed by atoms with van der Waals surface area (Å²) in [4.78, 5) is 0.188. The minimum atomic E-state index is -3.85. The van der Waals surface area contributed by atoms with Gasteiger partial charge in [0.15, 0.2) is 0 Å². The molecule has 0 fully saturated rings. The fraction of sp³-hybridized carbons (Fsp3) is 0.136. The van der Waals surface area contributed by atoms with E-state index >= 15 is 0 Å². The quantitative estimate of drug-likeness (QED) is 0.583. The van der Waals surface area contributed by atoms with E-state index in [1.165, 1.54) is 4.41 Å². The molecule has 0 N–H and O–H groups in total. The van der Waals surface area contributed by atoms with E-state index in [0.29, 0.717) is 22.9 Å². The molecule has 7 heteroatoms. The summed E-state index contributed by atoms with van der Waals surface area (Å²) in [6.45, 7) is 0. The summed E-state index contributed by atoms with van der Waals surface area (Å²) in [5.41, 5.74) is 2.19. The molecule has 148 valence electrons. The molecule has 0 amide bonds. The van der Waals surface area contributed by atoms with Crippen LogP contribution in [0.2, 0.25) is 5.02 Å². The number of methoxy groups -OCH3 is 1. The van der Waals surface area contributed by atoms with Crippen LogP contribution in [0.15, 0.2) is 88.9 Å². The summed E-state index contributed by atoms with van der Waals surface area (Å²) in [7, 11) is -2.26. The Morgan fingerprint density at radius 1 is 1.00 bits per heavy atom. The molecule has 1 heterocycles. The van der Waals surface area contributed by atoms with Crippen LogP contribution >= 0.6 is 11.6 Å². The largest absolute Gasteiger partial charge is 0.497 e. The van der Waals surface area contributed by atoms with E-state index in [1.807, 2.05) is 42.5 Å². The highest BCUT2D eigenvalue weighted by Gasteiger charge is 2.38. The third-order valence-corrected chi connectivity index (χ3v) is 6.87. The van der Waals surface area contributed by atoms with Crippen LogP contribution < -0.4 is 4.74 Å². The zero-order valence-electron chi connectivity index (χ0n) is 15.7. The van der Waals surface area contributed by atoms with Gasteiger partial charge in [0.2, 0.25) is 0 Å². The molecule has 3 aromatic rings. The van der Waals surface area contributed by atoms with E-state index in [2.05, 4.69) is 5.10 Å². The van der Waals surface area contributed by atoms with Crippen LogP contribution in [0.3, 0.4) is 0 Å². The highest BCUT2D eigenvalue weighted by molar-refractivity contribution is 7.89. The Labute approximate surface area is 175 Å². The van der Waals surface area contributed by atoms with E-state index in [1.54, 1.807) is 43.5 Å². The molecule has 0 saturated carbocycles. The monoisotopic (exact) mass is 426 g/mol. The summed E-state index contributed by atoms with van der Waals surface area (Å²) in [6, 6.07) is 22.5. The zero-order chi connectivity index (χ0) is 20.4. The minimum absolute atomic E-state index is 0.188. The molecule has 0 bridgehead atoms. The molecule has 1 unspecified atom stereocenters. The maximum absolute atomic E-state index is 13.4. The number of halogens is 1. The van der Waals surface area contributed by atoms with E-state index in [4.69, 9.17) is 16.3 Å². The Morgan fingerprint density at radius 3 is 2.45 bits per heavy atom. The van der Waals surface area contributed by atoms with Crippen molar-refractivity contribution < 1.29 is 13.2 Å². The molecule has 0 radical (unpaired) electrons. The second kappa shape index (κ2) is 7.89. The highest BCUT2D eigenvalue weighted by Crippen LogP contribution is 2.39. The number of ether oxygens (including phenoxy) is 1. The van der Waals surface area contributed by atoms with E-state index in [9.17, 15) is 8.42 Å². The Hall–Kier alpha value is -2.83.